The van der Waals surface area contributed by atoms with Crippen molar-refractivity contribution in [2.24, 2.45) is 5.92 Å². The molecule has 0 saturated carbocycles. The lowest BCUT2D eigenvalue weighted by Gasteiger charge is -2.34. The van der Waals surface area contributed by atoms with E-state index in [1.165, 1.54) is 0 Å². The van der Waals surface area contributed by atoms with Crippen molar-refractivity contribution in [3.8, 4) is 5.75 Å². The fourth-order valence-electron chi connectivity index (χ4n) is 5.23. The maximum atomic E-state index is 13.5. The van der Waals surface area contributed by atoms with Crippen LogP contribution < -0.4 is 15.4 Å². The highest BCUT2D eigenvalue weighted by molar-refractivity contribution is 6.01. The zero-order chi connectivity index (χ0) is 29.6. The lowest BCUT2D eigenvalue weighted by atomic mass is 10.0. The van der Waals surface area contributed by atoms with Crippen LogP contribution in [-0.2, 0) is 17.8 Å². The number of pyridine rings is 1. The Hall–Kier alpha value is -4.41. The summed E-state index contributed by atoms with van der Waals surface area (Å²) >= 11 is 0. The molecular weight excluding hydrogens is 534 g/mol. The minimum atomic E-state index is -0.409. The summed E-state index contributed by atoms with van der Waals surface area (Å²) < 4.78 is 12.0. The number of carbonyl (C=O) groups is 2. The Kier molecular flexibility index (Phi) is 9.04. The van der Waals surface area contributed by atoms with Gasteiger partial charge in [0.15, 0.2) is 0 Å². The third-order valence-electron chi connectivity index (χ3n) is 7.58. The number of rotatable bonds is 8. The molecule has 0 spiro atoms. The molecule has 1 aliphatic heterocycles. The van der Waals surface area contributed by atoms with Crippen LogP contribution in [0, 0.1) is 5.92 Å². The van der Waals surface area contributed by atoms with E-state index in [0.29, 0.717) is 35.8 Å². The second kappa shape index (κ2) is 13.1. The minimum absolute atomic E-state index is 0.00932. The topological polar surface area (TPSA) is 120 Å². The summed E-state index contributed by atoms with van der Waals surface area (Å²) in [4.78, 5) is 34.3. The van der Waals surface area contributed by atoms with Crippen molar-refractivity contribution >= 4 is 34.3 Å². The van der Waals surface area contributed by atoms with Crippen LogP contribution in [0.1, 0.15) is 25.0 Å². The summed E-state index contributed by atoms with van der Waals surface area (Å²) in [5.41, 5.74) is 3.72. The molecule has 5 rings (SSSR count). The van der Waals surface area contributed by atoms with Crippen molar-refractivity contribution in [2.75, 3.05) is 37.4 Å². The lowest BCUT2D eigenvalue weighted by Crippen LogP contribution is -2.47. The average molecular weight is 572 g/mol. The van der Waals surface area contributed by atoms with Crippen LogP contribution in [0.25, 0.3) is 11.0 Å². The summed E-state index contributed by atoms with van der Waals surface area (Å²) in [7, 11) is 2.04. The number of ether oxygens (including phenoxy) is 1. The van der Waals surface area contributed by atoms with Crippen LogP contribution in [0.2, 0.25) is 0 Å². The fourth-order valence-corrected chi connectivity index (χ4v) is 5.23. The number of carbonyl (C=O) groups excluding carboxylic acids is 2. The highest BCUT2D eigenvalue weighted by Gasteiger charge is 2.31. The molecule has 0 fully saturated rings. The Labute approximate surface area is 245 Å². The molecule has 220 valence electrons. The Morgan fingerprint density at radius 2 is 1.86 bits per heavy atom. The number of hydrogen-bond acceptors (Lipinski definition) is 7. The van der Waals surface area contributed by atoms with Gasteiger partial charge >= 0.3 is 6.03 Å². The Balaban J connectivity index is 1.35. The van der Waals surface area contributed by atoms with Crippen LogP contribution in [0.4, 0.5) is 16.2 Å². The van der Waals surface area contributed by atoms with Crippen molar-refractivity contribution in [1.29, 1.82) is 0 Å². The smallest absolute Gasteiger partial charge is 0.323 e. The van der Waals surface area contributed by atoms with E-state index in [2.05, 4.69) is 27.4 Å². The molecule has 0 aliphatic carbocycles. The minimum Gasteiger partial charge on any atom is -0.488 e. The summed E-state index contributed by atoms with van der Waals surface area (Å²) in [5.74, 6) is 0.492. The van der Waals surface area contributed by atoms with E-state index in [1.54, 1.807) is 47.8 Å². The molecule has 3 atom stereocenters. The highest BCUT2D eigenvalue weighted by Crippen LogP contribution is 2.29. The highest BCUT2D eigenvalue weighted by atomic mass is 16.5. The third kappa shape index (κ3) is 7.07. The fraction of sp³-hybridized carbons (Fsp3) is 0.344. The van der Waals surface area contributed by atoms with Gasteiger partial charge < -0.3 is 29.8 Å². The normalized spacial score (nSPS) is 18.0. The number of benzene rings is 2. The van der Waals surface area contributed by atoms with Gasteiger partial charge in [0, 0.05) is 60.3 Å². The predicted molar refractivity (Wildman–Crippen MR) is 161 cm³/mol. The molecule has 0 bridgehead atoms. The molecule has 42 heavy (non-hydrogen) atoms. The number of aliphatic hydroxyl groups excluding tert-OH is 1. The molecule has 3 N–H and O–H groups in total. The first-order valence-electron chi connectivity index (χ1n) is 14.1. The van der Waals surface area contributed by atoms with Crippen molar-refractivity contribution in [3.05, 3.63) is 84.4 Å². The number of anilines is 2. The molecule has 10 heteroatoms. The van der Waals surface area contributed by atoms with Gasteiger partial charge in [-0.3, -0.25) is 14.7 Å². The molecule has 10 nitrogen and oxygen atoms in total. The number of likely N-dealkylation sites (N-methyl/N-ethyl adjacent to an activating group) is 1. The Morgan fingerprint density at radius 1 is 1.12 bits per heavy atom. The van der Waals surface area contributed by atoms with E-state index in [9.17, 15) is 14.7 Å². The maximum absolute atomic E-state index is 13.5. The number of urea groups is 1. The van der Waals surface area contributed by atoms with E-state index >= 15 is 0 Å². The summed E-state index contributed by atoms with van der Waals surface area (Å²) in [6.07, 6.45) is 5.02. The Morgan fingerprint density at radius 3 is 2.62 bits per heavy atom. The van der Waals surface area contributed by atoms with Gasteiger partial charge in [0.2, 0.25) is 5.91 Å². The van der Waals surface area contributed by atoms with Gasteiger partial charge in [-0.05, 0) is 74.1 Å². The zero-order valence-electron chi connectivity index (χ0n) is 24.1. The molecule has 3 heterocycles. The number of amides is 3. The SMILES string of the molecule is CC1CN(C(C)CO)C(=O)Cc2cc(NC(=O)Nc3ccc4occc4c3)ccc2OC1CN(C)Cc1ccncc1. The number of nitrogens with zero attached hydrogens (tertiary/aromatic N) is 3. The van der Waals surface area contributed by atoms with Gasteiger partial charge in [0.05, 0.1) is 25.3 Å². The van der Waals surface area contributed by atoms with Gasteiger partial charge in [0.25, 0.3) is 0 Å². The van der Waals surface area contributed by atoms with Gasteiger partial charge in [0.1, 0.15) is 17.4 Å². The molecule has 2 aromatic carbocycles. The molecule has 1 aliphatic rings. The third-order valence-corrected chi connectivity index (χ3v) is 7.58. The van der Waals surface area contributed by atoms with Crippen LogP contribution in [0.5, 0.6) is 5.75 Å². The molecule has 2 aromatic heterocycles. The zero-order valence-corrected chi connectivity index (χ0v) is 24.1. The van der Waals surface area contributed by atoms with E-state index < -0.39 is 6.03 Å². The number of aliphatic hydroxyl groups is 1. The second-order valence-corrected chi connectivity index (χ2v) is 11.0. The van der Waals surface area contributed by atoms with Gasteiger partial charge in [-0.15, -0.1) is 0 Å². The first-order valence-corrected chi connectivity index (χ1v) is 14.1. The molecule has 4 aromatic rings. The van der Waals surface area contributed by atoms with Crippen molar-refractivity contribution < 1.29 is 23.8 Å². The average Bonchev–Trinajstić information content (AvgIpc) is 3.45. The van der Waals surface area contributed by atoms with Crippen LogP contribution in [0.3, 0.4) is 0 Å². The molecule has 0 radical (unpaired) electrons. The number of hydrogen-bond donors (Lipinski definition) is 3. The van der Waals surface area contributed by atoms with Crippen molar-refractivity contribution in [3.63, 3.8) is 0 Å². The largest absolute Gasteiger partial charge is 0.488 e. The molecular formula is C32H37N5O5. The Bertz CT molecular complexity index is 1520. The van der Waals surface area contributed by atoms with Gasteiger partial charge in [-0.25, -0.2) is 4.79 Å². The van der Waals surface area contributed by atoms with Crippen LogP contribution in [0.15, 0.2) is 77.7 Å². The number of aromatic nitrogens is 1. The predicted octanol–water partition coefficient (Wildman–Crippen LogP) is 4.75. The second-order valence-electron chi connectivity index (χ2n) is 11.0. The standard InChI is InChI=1S/C32H37N5O5/c1-21-17-37(22(2)20-38)31(39)16-25-15-27(35-32(40)34-26-4-6-28-24(14-26)10-13-41-28)5-7-29(25)42-30(21)19-36(3)18-23-8-11-33-12-9-23/h4-15,21-22,30,38H,16-20H2,1-3H3,(H2,34,35,40). The van der Waals surface area contributed by atoms with E-state index in [-0.39, 0.29) is 37.0 Å². The molecule has 3 amide bonds. The van der Waals surface area contributed by atoms with Gasteiger partial charge in [-0.1, -0.05) is 6.92 Å². The summed E-state index contributed by atoms with van der Waals surface area (Å²) in [6, 6.07) is 15.8. The number of nitrogens with one attached hydrogen (secondary N) is 2. The van der Waals surface area contributed by atoms with Crippen LogP contribution in [-0.4, -0.2) is 70.7 Å². The van der Waals surface area contributed by atoms with E-state index in [1.807, 2.05) is 44.3 Å². The monoisotopic (exact) mass is 571 g/mol. The van der Waals surface area contributed by atoms with E-state index in [4.69, 9.17) is 9.15 Å². The quantitative estimate of drug-likeness (QED) is 0.279. The first kappa shape index (κ1) is 29.1. The lowest BCUT2D eigenvalue weighted by molar-refractivity contribution is -0.134. The van der Waals surface area contributed by atoms with E-state index in [0.717, 1.165) is 23.1 Å². The van der Waals surface area contributed by atoms with Gasteiger partial charge in [-0.2, -0.15) is 0 Å². The molecule has 0 saturated heterocycles. The number of fused-ring (bicyclic) bond motifs is 2. The van der Waals surface area contributed by atoms with Crippen molar-refractivity contribution in [1.82, 2.24) is 14.8 Å². The van der Waals surface area contributed by atoms with Crippen LogP contribution >= 0.6 is 0 Å². The summed E-state index contributed by atoms with van der Waals surface area (Å²) in [5, 5.41) is 16.5. The maximum Gasteiger partial charge on any atom is 0.323 e. The first-order chi connectivity index (χ1) is 20.3. The molecule has 3 unspecified atom stereocenters. The summed E-state index contributed by atoms with van der Waals surface area (Å²) in [6.45, 7) is 5.59. The van der Waals surface area contributed by atoms with Crippen molar-refractivity contribution in [2.45, 2.75) is 39.0 Å². The number of furan rings is 1.